The van der Waals surface area contributed by atoms with Crippen LogP contribution >= 0.6 is 0 Å². The second kappa shape index (κ2) is 7.99. The Hall–Kier alpha value is -0.0400. The van der Waals surface area contributed by atoms with Crippen molar-refractivity contribution in [3.8, 4) is 0 Å². The first-order valence-electron chi connectivity index (χ1n) is 8.94. The van der Waals surface area contributed by atoms with Crippen molar-refractivity contribution >= 4 is 0 Å². The van der Waals surface area contributed by atoms with Crippen molar-refractivity contribution in [1.82, 2.24) is 4.90 Å². The summed E-state index contributed by atoms with van der Waals surface area (Å²) in [6.45, 7) is 21.6. The number of hydrogen-bond acceptors (Lipinski definition) is 1. The van der Waals surface area contributed by atoms with Crippen LogP contribution in [0.5, 0.6) is 0 Å². The van der Waals surface area contributed by atoms with Gasteiger partial charge in [0.1, 0.15) is 0 Å². The molecule has 1 heteroatoms. The summed E-state index contributed by atoms with van der Waals surface area (Å²) in [4.78, 5) is 2.44. The van der Waals surface area contributed by atoms with E-state index in [1.807, 2.05) is 0 Å². The zero-order valence-electron chi connectivity index (χ0n) is 16.9. The van der Waals surface area contributed by atoms with Gasteiger partial charge in [-0.25, -0.2) is 0 Å². The Kier molecular flexibility index (Phi) is 7.98. The summed E-state index contributed by atoms with van der Waals surface area (Å²) in [6.07, 6.45) is 3.97. The Balaban J connectivity index is 4.65. The van der Waals surface area contributed by atoms with Crippen LogP contribution in [-0.4, -0.2) is 25.0 Å². The number of nitrogens with zero attached hydrogens (tertiary/aromatic N) is 1. The minimum atomic E-state index is 0.378. The first-order valence-corrected chi connectivity index (χ1v) is 8.94. The van der Waals surface area contributed by atoms with E-state index in [1.165, 1.54) is 19.3 Å². The van der Waals surface area contributed by atoms with E-state index in [0.717, 1.165) is 17.8 Å². The molecule has 0 aliphatic rings. The van der Waals surface area contributed by atoms with E-state index in [4.69, 9.17) is 0 Å². The largest absolute Gasteiger partial charge is 0.306 e. The Morgan fingerprint density at radius 1 is 0.810 bits per heavy atom. The van der Waals surface area contributed by atoms with Gasteiger partial charge in [-0.15, -0.1) is 0 Å². The molecule has 0 bridgehead atoms. The minimum absolute atomic E-state index is 0.378. The van der Waals surface area contributed by atoms with Gasteiger partial charge in [0.25, 0.3) is 0 Å². The van der Waals surface area contributed by atoms with Gasteiger partial charge in [0.15, 0.2) is 0 Å². The maximum Gasteiger partial charge on any atom is 0.0117 e. The monoisotopic (exact) mass is 297 g/mol. The molecule has 0 N–H and O–H groups in total. The summed E-state index contributed by atoms with van der Waals surface area (Å²) in [5.41, 5.74) is 0.779. The average molecular weight is 298 g/mol. The molecule has 1 unspecified atom stereocenters. The van der Waals surface area contributed by atoms with Crippen molar-refractivity contribution < 1.29 is 0 Å². The second-order valence-corrected chi connectivity index (χ2v) is 9.82. The Morgan fingerprint density at radius 3 is 1.62 bits per heavy atom. The van der Waals surface area contributed by atoms with Crippen LogP contribution in [0, 0.1) is 28.6 Å². The van der Waals surface area contributed by atoms with Gasteiger partial charge >= 0.3 is 0 Å². The van der Waals surface area contributed by atoms with E-state index < -0.39 is 0 Å². The summed E-state index contributed by atoms with van der Waals surface area (Å²) >= 11 is 0. The third-order valence-electron chi connectivity index (χ3n) is 5.70. The van der Waals surface area contributed by atoms with Crippen molar-refractivity contribution in [2.45, 2.75) is 87.6 Å². The molecule has 0 rings (SSSR count). The Morgan fingerprint density at radius 2 is 1.29 bits per heavy atom. The molecule has 3 atom stereocenters. The molecular weight excluding hydrogens is 254 g/mol. The van der Waals surface area contributed by atoms with Crippen molar-refractivity contribution in [1.29, 1.82) is 0 Å². The molecule has 0 aliphatic heterocycles. The lowest BCUT2D eigenvalue weighted by atomic mass is 9.64. The molecule has 0 saturated heterocycles. The van der Waals surface area contributed by atoms with E-state index >= 15 is 0 Å². The lowest BCUT2D eigenvalue weighted by Crippen LogP contribution is -2.37. The van der Waals surface area contributed by atoms with Crippen molar-refractivity contribution in [2.75, 3.05) is 14.1 Å². The van der Waals surface area contributed by atoms with Crippen molar-refractivity contribution in [2.24, 2.45) is 28.6 Å². The van der Waals surface area contributed by atoms with Crippen molar-refractivity contribution in [3.05, 3.63) is 0 Å². The molecule has 0 aromatic rings. The molecule has 0 aliphatic carbocycles. The van der Waals surface area contributed by atoms with E-state index in [-0.39, 0.29) is 0 Å². The van der Waals surface area contributed by atoms with Crippen LogP contribution < -0.4 is 0 Å². The first kappa shape index (κ1) is 21.0. The fourth-order valence-corrected chi connectivity index (χ4v) is 3.49. The van der Waals surface area contributed by atoms with Gasteiger partial charge in [0.2, 0.25) is 0 Å². The number of hydrogen-bond donors (Lipinski definition) is 0. The van der Waals surface area contributed by atoms with Crippen molar-refractivity contribution in [3.63, 3.8) is 0 Å². The molecule has 0 heterocycles. The van der Waals surface area contributed by atoms with E-state index in [9.17, 15) is 0 Å². The summed E-state index contributed by atoms with van der Waals surface area (Å²) < 4.78 is 0. The van der Waals surface area contributed by atoms with E-state index in [2.05, 4.69) is 81.3 Å². The predicted octanol–water partition coefficient (Wildman–Crippen LogP) is 6.09. The van der Waals surface area contributed by atoms with Gasteiger partial charge in [-0.1, -0.05) is 62.3 Å². The molecule has 21 heavy (non-hydrogen) atoms. The third-order valence-corrected chi connectivity index (χ3v) is 5.70. The molecule has 0 aromatic heterocycles. The zero-order chi connectivity index (χ0) is 17.0. The lowest BCUT2D eigenvalue weighted by molar-refractivity contribution is 0.0853. The highest BCUT2D eigenvalue weighted by Crippen LogP contribution is 2.44. The van der Waals surface area contributed by atoms with Gasteiger partial charge in [0, 0.05) is 6.04 Å². The smallest absolute Gasteiger partial charge is 0.0117 e. The standard InChI is InChI=1S/C20H43N/c1-15(2)12-18(21(10)11)17(4)13-16(3)14-20(8,9)19(5,6)7/h15-18H,12-14H2,1-11H3/t16-,17-,18?/m1/s1. The predicted molar refractivity (Wildman–Crippen MR) is 97.7 cm³/mol. The summed E-state index contributed by atoms with van der Waals surface area (Å²) in [5.74, 6) is 2.35. The normalized spacial score (nSPS) is 18.1. The molecule has 0 fully saturated rings. The molecule has 0 radical (unpaired) electrons. The molecule has 128 valence electrons. The highest BCUT2D eigenvalue weighted by molar-refractivity contribution is 4.85. The van der Waals surface area contributed by atoms with Crippen LogP contribution in [0.4, 0.5) is 0 Å². The SMILES string of the molecule is CC(C)CC([C@H](C)C[C@@H](C)CC(C)(C)C(C)(C)C)N(C)C. The highest BCUT2D eigenvalue weighted by atomic mass is 15.1. The quantitative estimate of drug-likeness (QED) is 0.524. The topological polar surface area (TPSA) is 3.24 Å². The molecule has 0 saturated carbocycles. The molecule has 0 aromatic carbocycles. The summed E-state index contributed by atoms with van der Waals surface area (Å²) in [5, 5.41) is 0. The number of rotatable bonds is 8. The van der Waals surface area contributed by atoms with Gasteiger partial charge in [-0.05, 0) is 61.9 Å². The van der Waals surface area contributed by atoms with Crippen LogP contribution in [-0.2, 0) is 0 Å². The molecule has 1 nitrogen and oxygen atoms in total. The molecular formula is C20H43N. The van der Waals surface area contributed by atoms with E-state index in [1.54, 1.807) is 0 Å². The third kappa shape index (κ3) is 7.17. The molecule has 0 spiro atoms. The molecule has 0 amide bonds. The average Bonchev–Trinajstić information content (AvgIpc) is 2.22. The maximum atomic E-state index is 2.45. The van der Waals surface area contributed by atoms with Gasteiger partial charge < -0.3 is 4.90 Å². The van der Waals surface area contributed by atoms with Gasteiger partial charge in [0.05, 0.1) is 0 Å². The zero-order valence-corrected chi connectivity index (χ0v) is 16.9. The van der Waals surface area contributed by atoms with Gasteiger partial charge in [-0.2, -0.15) is 0 Å². The summed E-state index contributed by atoms with van der Waals surface area (Å²) in [6, 6.07) is 0.713. The fraction of sp³-hybridized carbons (Fsp3) is 1.00. The Bertz CT molecular complexity index is 283. The summed E-state index contributed by atoms with van der Waals surface area (Å²) in [7, 11) is 4.49. The van der Waals surface area contributed by atoms with Crippen LogP contribution in [0.1, 0.15) is 81.6 Å². The van der Waals surface area contributed by atoms with Gasteiger partial charge in [-0.3, -0.25) is 0 Å². The maximum absolute atomic E-state index is 2.45. The minimum Gasteiger partial charge on any atom is -0.306 e. The Labute approximate surface area is 135 Å². The van der Waals surface area contributed by atoms with Crippen LogP contribution in [0.2, 0.25) is 0 Å². The lowest BCUT2D eigenvalue weighted by Gasteiger charge is -2.42. The first-order chi connectivity index (χ1) is 9.28. The van der Waals surface area contributed by atoms with E-state index in [0.29, 0.717) is 16.9 Å². The second-order valence-electron chi connectivity index (χ2n) is 9.82. The fourth-order valence-electron chi connectivity index (χ4n) is 3.49. The van der Waals surface area contributed by atoms with Crippen LogP contribution in [0.3, 0.4) is 0 Å². The highest BCUT2D eigenvalue weighted by Gasteiger charge is 2.34. The van der Waals surface area contributed by atoms with Crippen LogP contribution in [0.25, 0.3) is 0 Å². The van der Waals surface area contributed by atoms with Crippen LogP contribution in [0.15, 0.2) is 0 Å².